The Morgan fingerprint density at radius 1 is 1.29 bits per heavy atom. The molecule has 0 bridgehead atoms. The fourth-order valence-electron chi connectivity index (χ4n) is 1.04. The van der Waals surface area contributed by atoms with Crippen molar-refractivity contribution in [3.63, 3.8) is 0 Å². The molecule has 0 aromatic carbocycles. The summed E-state index contributed by atoms with van der Waals surface area (Å²) >= 11 is 0. The van der Waals surface area contributed by atoms with Crippen LogP contribution in [-0.2, 0) is 4.74 Å². The summed E-state index contributed by atoms with van der Waals surface area (Å²) in [4.78, 5) is 0. The third kappa shape index (κ3) is 10.2. The minimum Gasteiger partial charge on any atom is -0.397 e. The number of nitrogens with one attached hydrogen (secondary N) is 1. The van der Waals surface area contributed by atoms with Crippen molar-refractivity contribution in [2.45, 2.75) is 19.0 Å². The second kappa shape index (κ2) is 11.2. The maximum absolute atomic E-state index is 8.34. The van der Waals surface area contributed by atoms with Crippen molar-refractivity contribution in [3.05, 3.63) is 0 Å². The van der Waals surface area contributed by atoms with Gasteiger partial charge in [0.15, 0.2) is 0 Å². The summed E-state index contributed by atoms with van der Waals surface area (Å²) in [5.74, 6) is 0. The first-order valence-electron chi connectivity index (χ1n) is 5.16. The molecule has 1 aliphatic heterocycles. The Hall–Kier alpha value is 0.0748. The van der Waals surface area contributed by atoms with Crippen LogP contribution in [0.1, 0.15) is 0 Å². The maximum atomic E-state index is 8.34. The molecule has 0 amide bonds. The Morgan fingerprint density at radius 3 is 2.21 bits per heavy atom. The van der Waals surface area contributed by atoms with Crippen LogP contribution in [0, 0.1) is 0 Å². The average molecular weight is 193 g/mol. The predicted molar refractivity (Wildman–Crippen MR) is 62.5 cm³/mol. The van der Waals surface area contributed by atoms with Crippen molar-refractivity contribution in [1.29, 1.82) is 0 Å². The van der Waals surface area contributed by atoms with E-state index in [1.165, 1.54) is 0 Å². The highest BCUT2D eigenvalue weighted by Gasteiger charge is 2.00. The molecule has 1 rings (SSSR count). The molecular formula is C8H18B3NO2. The molecule has 1 fully saturated rings. The van der Waals surface area contributed by atoms with E-state index in [1.807, 2.05) is 0 Å². The smallest absolute Gasteiger partial charge is 0.0924 e. The van der Waals surface area contributed by atoms with Gasteiger partial charge in [0.2, 0.25) is 0 Å². The van der Waals surface area contributed by atoms with Gasteiger partial charge in [0, 0.05) is 27.4 Å². The highest BCUT2D eigenvalue weighted by molar-refractivity contribution is 7.03. The number of rotatable bonds is 4. The van der Waals surface area contributed by atoms with Crippen molar-refractivity contribution < 1.29 is 9.84 Å². The second-order valence-corrected chi connectivity index (χ2v) is 3.21. The van der Waals surface area contributed by atoms with Crippen LogP contribution in [0.3, 0.4) is 0 Å². The van der Waals surface area contributed by atoms with E-state index in [2.05, 4.69) is 5.32 Å². The van der Waals surface area contributed by atoms with Gasteiger partial charge in [-0.15, -0.1) is 0 Å². The number of hydrogen-bond acceptors (Lipinski definition) is 3. The zero-order valence-corrected chi connectivity index (χ0v) is 8.74. The zero-order valence-electron chi connectivity index (χ0n) is 8.74. The van der Waals surface area contributed by atoms with Gasteiger partial charge in [0.25, 0.3) is 0 Å². The topological polar surface area (TPSA) is 41.5 Å². The van der Waals surface area contributed by atoms with E-state index in [-0.39, 0.29) is 13.2 Å². The van der Waals surface area contributed by atoms with Crippen molar-refractivity contribution in [2.24, 2.45) is 0 Å². The van der Waals surface area contributed by atoms with E-state index in [1.54, 1.807) is 0 Å². The van der Waals surface area contributed by atoms with E-state index in [0.29, 0.717) is 12.6 Å². The normalized spacial score (nSPS) is 15.5. The molecule has 1 aliphatic rings. The van der Waals surface area contributed by atoms with Gasteiger partial charge in [-0.3, -0.25) is 0 Å². The first-order chi connectivity index (χ1) is 6.81. The zero-order chi connectivity index (χ0) is 10.6. The van der Waals surface area contributed by atoms with Gasteiger partial charge in [-0.2, -0.15) is 0 Å². The van der Waals surface area contributed by atoms with Crippen molar-refractivity contribution >= 4 is 22.2 Å². The molecule has 0 spiro atoms. The number of morpholine rings is 1. The van der Waals surface area contributed by atoms with Crippen LogP contribution in [0.5, 0.6) is 0 Å². The van der Waals surface area contributed by atoms with Crippen LogP contribution in [0.15, 0.2) is 0 Å². The summed E-state index contributed by atoms with van der Waals surface area (Å²) in [7, 11) is 10.7. The molecule has 6 heteroatoms. The standard InChI is InChI=1S/C4H9B3O.C4H9NO/c5-1-2-7(6)3-4-8;1-3-6-4-2-5-1/h8H,1-4H2;5H,1-4H2. The lowest BCUT2D eigenvalue weighted by molar-refractivity contribution is 0.109. The first kappa shape index (κ1) is 14.1. The Labute approximate surface area is 89.9 Å². The lowest BCUT2D eigenvalue weighted by atomic mass is 9.29. The molecule has 76 valence electrons. The van der Waals surface area contributed by atoms with Gasteiger partial charge in [-0.25, -0.2) is 0 Å². The molecule has 0 saturated carbocycles. The monoisotopic (exact) mass is 193 g/mol. The molecule has 0 aromatic rings. The van der Waals surface area contributed by atoms with Gasteiger partial charge >= 0.3 is 0 Å². The van der Waals surface area contributed by atoms with Crippen LogP contribution in [0.2, 0.25) is 19.0 Å². The van der Waals surface area contributed by atoms with Gasteiger partial charge in [-0.05, 0) is 0 Å². The van der Waals surface area contributed by atoms with Crippen molar-refractivity contribution in [2.75, 3.05) is 32.9 Å². The van der Waals surface area contributed by atoms with E-state index in [4.69, 9.17) is 25.4 Å². The van der Waals surface area contributed by atoms with E-state index >= 15 is 0 Å². The molecule has 14 heavy (non-hydrogen) atoms. The number of aliphatic hydroxyl groups is 1. The molecule has 0 aliphatic carbocycles. The summed E-state index contributed by atoms with van der Waals surface area (Å²) in [6, 6.07) is 0. The minimum absolute atomic E-state index is 0.0880. The largest absolute Gasteiger partial charge is 0.397 e. The van der Waals surface area contributed by atoms with E-state index in [0.717, 1.165) is 32.6 Å². The van der Waals surface area contributed by atoms with E-state index < -0.39 is 0 Å². The molecule has 1 saturated heterocycles. The van der Waals surface area contributed by atoms with Gasteiger partial charge in [-0.1, -0.05) is 19.0 Å². The predicted octanol–water partition coefficient (Wildman–Crippen LogP) is -0.668. The summed E-state index contributed by atoms with van der Waals surface area (Å²) in [5.41, 5.74) is 0. The summed E-state index contributed by atoms with van der Waals surface area (Å²) in [6.07, 6.45) is 2.08. The van der Waals surface area contributed by atoms with Crippen LogP contribution in [0.4, 0.5) is 0 Å². The molecule has 2 N–H and O–H groups in total. The third-order valence-corrected chi connectivity index (χ3v) is 1.88. The van der Waals surface area contributed by atoms with Gasteiger partial charge in [0.05, 0.1) is 27.7 Å². The molecule has 1 heterocycles. The lowest BCUT2D eigenvalue weighted by Crippen LogP contribution is -2.30. The number of ether oxygens (including phenoxy) is 1. The summed E-state index contributed by atoms with van der Waals surface area (Å²) in [5, 5.41) is 11.5. The fourth-order valence-corrected chi connectivity index (χ4v) is 1.04. The molecular weight excluding hydrogens is 175 g/mol. The minimum atomic E-state index is 0.0880. The Bertz CT molecular complexity index is 97.2. The molecule has 0 unspecified atom stereocenters. The maximum Gasteiger partial charge on any atom is 0.0924 e. The Kier molecular flexibility index (Phi) is 11.2. The quantitative estimate of drug-likeness (QED) is 0.581. The average Bonchev–Trinajstić information content (AvgIpc) is 2.22. The molecule has 0 aromatic heterocycles. The van der Waals surface area contributed by atoms with Crippen LogP contribution >= 0.6 is 0 Å². The molecule has 4 radical (unpaired) electrons. The van der Waals surface area contributed by atoms with Gasteiger partial charge < -0.3 is 15.2 Å². The third-order valence-electron chi connectivity index (χ3n) is 1.88. The first-order valence-corrected chi connectivity index (χ1v) is 5.16. The summed E-state index contributed by atoms with van der Waals surface area (Å²) in [6.45, 7) is 4.09. The van der Waals surface area contributed by atoms with Gasteiger partial charge in [0.1, 0.15) is 0 Å². The van der Waals surface area contributed by atoms with Crippen molar-refractivity contribution in [1.82, 2.24) is 5.32 Å². The Morgan fingerprint density at radius 2 is 1.93 bits per heavy atom. The highest BCUT2D eigenvalue weighted by atomic mass is 16.5. The van der Waals surface area contributed by atoms with E-state index in [9.17, 15) is 0 Å². The molecule has 3 nitrogen and oxygen atoms in total. The van der Waals surface area contributed by atoms with Crippen LogP contribution in [0.25, 0.3) is 0 Å². The second-order valence-electron chi connectivity index (χ2n) is 3.21. The highest BCUT2D eigenvalue weighted by Crippen LogP contribution is 1.95. The molecule has 0 atom stereocenters. The summed E-state index contributed by atoms with van der Waals surface area (Å²) < 4.78 is 5.01. The number of aliphatic hydroxyl groups excluding tert-OH is 1. The van der Waals surface area contributed by atoms with Crippen LogP contribution in [-0.4, -0.2) is 60.2 Å². The SMILES string of the molecule is C1COCCN1.[B]CCB([B])CCO. The Balaban J connectivity index is 0.000000249. The number of hydrogen-bond donors (Lipinski definition) is 2. The fraction of sp³-hybridized carbons (Fsp3) is 1.00. The lowest BCUT2D eigenvalue weighted by Gasteiger charge is -2.10. The van der Waals surface area contributed by atoms with Crippen molar-refractivity contribution in [3.8, 4) is 0 Å². The van der Waals surface area contributed by atoms with Crippen LogP contribution < -0.4 is 5.32 Å².